The molecule has 0 radical (unpaired) electrons. The lowest BCUT2D eigenvalue weighted by molar-refractivity contribution is 0.537. The van der Waals surface area contributed by atoms with Crippen LogP contribution in [0.2, 0.25) is 0 Å². The molecule has 2 unspecified atom stereocenters. The molecule has 1 aromatic rings. The first-order chi connectivity index (χ1) is 8.58. The highest BCUT2D eigenvalue weighted by Gasteiger charge is 2.19. The highest BCUT2D eigenvalue weighted by Crippen LogP contribution is 2.27. The van der Waals surface area contributed by atoms with Gasteiger partial charge in [-0.2, -0.15) is 0 Å². The van der Waals surface area contributed by atoms with Crippen molar-refractivity contribution in [3.63, 3.8) is 0 Å². The summed E-state index contributed by atoms with van der Waals surface area (Å²) >= 11 is 1.83. The molecule has 3 heteroatoms. The minimum Gasteiger partial charge on any atom is -0.335 e. The molecule has 2 nitrogen and oxygen atoms in total. The van der Waals surface area contributed by atoms with Crippen LogP contribution in [-0.2, 0) is 0 Å². The van der Waals surface area contributed by atoms with E-state index in [0.717, 1.165) is 10.9 Å². The topological polar surface area (TPSA) is 24.4 Å². The van der Waals surface area contributed by atoms with Crippen molar-refractivity contribution in [1.82, 2.24) is 0 Å². The number of hydrogen-bond acceptors (Lipinski definition) is 3. The Bertz CT molecular complexity index is 440. The van der Waals surface area contributed by atoms with Gasteiger partial charge in [-0.3, -0.25) is 4.99 Å². The Balaban J connectivity index is 2.17. The van der Waals surface area contributed by atoms with Crippen molar-refractivity contribution < 1.29 is 0 Å². The van der Waals surface area contributed by atoms with E-state index < -0.39 is 0 Å². The zero-order chi connectivity index (χ0) is 13.1. The van der Waals surface area contributed by atoms with Crippen molar-refractivity contribution in [2.75, 3.05) is 11.1 Å². The van der Waals surface area contributed by atoms with Crippen LogP contribution < -0.4 is 5.32 Å². The average molecular weight is 262 g/mol. The molecule has 0 aliphatic carbocycles. The number of thioether (sulfide) groups is 1. The molecule has 1 aliphatic rings. The smallest absolute Gasteiger partial charge is 0.161 e. The molecule has 0 saturated heterocycles. The Morgan fingerprint density at radius 2 is 2.00 bits per heavy atom. The number of anilines is 1. The third-order valence-corrected chi connectivity index (χ3v) is 4.63. The number of aliphatic imine (C=N–C) groups is 1. The predicted octanol–water partition coefficient (Wildman–Crippen LogP) is 4.35. The van der Waals surface area contributed by atoms with Gasteiger partial charge >= 0.3 is 0 Å². The van der Waals surface area contributed by atoms with Gasteiger partial charge in [-0.1, -0.05) is 50.7 Å². The van der Waals surface area contributed by atoms with Gasteiger partial charge in [0, 0.05) is 11.4 Å². The molecule has 0 aromatic heterocycles. The third kappa shape index (κ3) is 3.08. The van der Waals surface area contributed by atoms with E-state index in [1.54, 1.807) is 0 Å². The summed E-state index contributed by atoms with van der Waals surface area (Å²) in [6.07, 6.45) is 0. The lowest BCUT2D eigenvalue weighted by Gasteiger charge is -2.24. The van der Waals surface area contributed by atoms with Gasteiger partial charge in [-0.25, -0.2) is 0 Å². The zero-order valence-corrected chi connectivity index (χ0v) is 12.4. The van der Waals surface area contributed by atoms with Crippen LogP contribution in [0.3, 0.4) is 0 Å². The molecule has 0 bridgehead atoms. The number of nitrogens with one attached hydrogen (secondary N) is 1. The Morgan fingerprint density at radius 1 is 1.28 bits per heavy atom. The second kappa shape index (κ2) is 5.79. The first kappa shape index (κ1) is 13.5. The Labute approximate surface area is 114 Å². The van der Waals surface area contributed by atoms with Crippen molar-refractivity contribution in [1.29, 1.82) is 0 Å². The van der Waals surface area contributed by atoms with Crippen molar-refractivity contribution in [2.24, 2.45) is 10.9 Å². The summed E-state index contributed by atoms with van der Waals surface area (Å²) in [7, 11) is 0. The van der Waals surface area contributed by atoms with E-state index in [4.69, 9.17) is 4.99 Å². The number of para-hydroxylation sites is 1. The average Bonchev–Trinajstić information content (AvgIpc) is 2.34. The van der Waals surface area contributed by atoms with Gasteiger partial charge in [-0.05, 0) is 30.4 Å². The van der Waals surface area contributed by atoms with E-state index >= 15 is 0 Å². The maximum absolute atomic E-state index is 4.73. The first-order valence-electron chi connectivity index (χ1n) is 6.64. The Morgan fingerprint density at radius 3 is 2.67 bits per heavy atom. The van der Waals surface area contributed by atoms with Crippen molar-refractivity contribution in [3.8, 4) is 0 Å². The molecule has 1 heterocycles. The maximum atomic E-state index is 4.73. The van der Waals surface area contributed by atoms with Crippen LogP contribution in [0.5, 0.6) is 0 Å². The summed E-state index contributed by atoms with van der Waals surface area (Å²) in [5.74, 6) is 2.34. The predicted molar refractivity (Wildman–Crippen MR) is 82.7 cm³/mol. The summed E-state index contributed by atoms with van der Waals surface area (Å²) in [5.41, 5.74) is 2.55. The van der Waals surface area contributed by atoms with E-state index in [0.29, 0.717) is 17.9 Å². The fourth-order valence-corrected chi connectivity index (χ4v) is 3.12. The van der Waals surface area contributed by atoms with Crippen LogP contribution in [-0.4, -0.2) is 17.0 Å². The minimum absolute atomic E-state index is 0.417. The second-order valence-corrected chi connectivity index (χ2v) is 6.34. The van der Waals surface area contributed by atoms with Crippen molar-refractivity contribution in [2.45, 2.75) is 39.7 Å². The van der Waals surface area contributed by atoms with E-state index in [1.807, 2.05) is 11.8 Å². The molecule has 1 aliphatic heterocycles. The van der Waals surface area contributed by atoms with Crippen LogP contribution in [0.1, 0.15) is 39.2 Å². The quantitative estimate of drug-likeness (QED) is 0.857. The van der Waals surface area contributed by atoms with Gasteiger partial charge in [0.25, 0.3) is 0 Å². The molecule has 2 rings (SSSR count). The summed E-state index contributed by atoms with van der Waals surface area (Å²) in [6.45, 7) is 8.91. The maximum Gasteiger partial charge on any atom is 0.161 e. The summed E-state index contributed by atoms with van der Waals surface area (Å²) in [5, 5.41) is 4.56. The molecule has 1 aromatic carbocycles. The van der Waals surface area contributed by atoms with E-state index in [-0.39, 0.29) is 0 Å². The van der Waals surface area contributed by atoms with E-state index in [2.05, 4.69) is 57.3 Å². The molecular weight excluding hydrogens is 240 g/mol. The zero-order valence-electron chi connectivity index (χ0n) is 11.6. The third-order valence-electron chi connectivity index (χ3n) is 3.45. The number of hydrogen-bond donors (Lipinski definition) is 1. The first-order valence-corrected chi connectivity index (χ1v) is 7.63. The highest BCUT2D eigenvalue weighted by molar-refractivity contribution is 8.14. The number of rotatable bonds is 2. The molecule has 0 amide bonds. The number of benzene rings is 1. The number of amidine groups is 1. The van der Waals surface area contributed by atoms with Gasteiger partial charge in [0.05, 0.1) is 6.04 Å². The standard InChI is InChI=1S/C15H22N2S/c1-10(2)13-7-5-6-8-14(13)17-15-16-12(4)11(3)9-18-15/h5-8,10-12H,9H2,1-4H3,(H,16,17). The van der Waals surface area contributed by atoms with Crippen LogP contribution in [0.4, 0.5) is 5.69 Å². The largest absolute Gasteiger partial charge is 0.335 e. The van der Waals surface area contributed by atoms with Gasteiger partial charge in [0.1, 0.15) is 0 Å². The van der Waals surface area contributed by atoms with E-state index in [1.165, 1.54) is 11.3 Å². The van der Waals surface area contributed by atoms with Crippen LogP contribution in [0.25, 0.3) is 0 Å². The van der Waals surface area contributed by atoms with Crippen LogP contribution in [0, 0.1) is 5.92 Å². The summed E-state index contributed by atoms with van der Waals surface area (Å²) in [6, 6.07) is 8.92. The van der Waals surface area contributed by atoms with Gasteiger partial charge in [0.2, 0.25) is 0 Å². The van der Waals surface area contributed by atoms with Gasteiger partial charge in [-0.15, -0.1) is 0 Å². The number of nitrogens with zero attached hydrogens (tertiary/aromatic N) is 1. The normalized spacial score (nSPS) is 23.9. The molecule has 98 valence electrons. The molecule has 1 N–H and O–H groups in total. The van der Waals surface area contributed by atoms with Gasteiger partial charge < -0.3 is 5.32 Å². The van der Waals surface area contributed by atoms with Crippen molar-refractivity contribution >= 4 is 22.6 Å². The second-order valence-electron chi connectivity index (χ2n) is 5.33. The fourth-order valence-electron chi connectivity index (χ4n) is 2.00. The van der Waals surface area contributed by atoms with E-state index in [9.17, 15) is 0 Å². The Hall–Kier alpha value is -0.960. The Kier molecular flexibility index (Phi) is 4.33. The lowest BCUT2D eigenvalue weighted by atomic mass is 10.0. The van der Waals surface area contributed by atoms with Crippen molar-refractivity contribution in [3.05, 3.63) is 29.8 Å². The van der Waals surface area contributed by atoms with Gasteiger partial charge in [0.15, 0.2) is 5.17 Å². The fraction of sp³-hybridized carbons (Fsp3) is 0.533. The molecule has 0 fully saturated rings. The molecule has 2 atom stereocenters. The summed E-state index contributed by atoms with van der Waals surface area (Å²) in [4.78, 5) is 4.73. The molecule has 0 spiro atoms. The SMILES string of the molecule is CC(C)c1ccccc1NC1=NC(C)C(C)CS1. The summed E-state index contributed by atoms with van der Waals surface area (Å²) < 4.78 is 0. The molecule has 18 heavy (non-hydrogen) atoms. The van der Waals surface area contributed by atoms with Crippen LogP contribution >= 0.6 is 11.8 Å². The molecular formula is C15H22N2S. The highest BCUT2D eigenvalue weighted by atomic mass is 32.2. The van der Waals surface area contributed by atoms with Crippen LogP contribution in [0.15, 0.2) is 29.3 Å². The monoisotopic (exact) mass is 262 g/mol. The lowest BCUT2D eigenvalue weighted by Crippen LogP contribution is -2.25. The molecule has 0 saturated carbocycles. The minimum atomic E-state index is 0.417.